The zero-order valence-corrected chi connectivity index (χ0v) is 13.0. The van der Waals surface area contributed by atoms with Crippen LogP contribution >= 0.6 is 0 Å². The number of carbonyl (C=O) groups is 1. The van der Waals surface area contributed by atoms with Crippen LogP contribution in [0.2, 0.25) is 0 Å². The lowest BCUT2D eigenvalue weighted by Crippen LogP contribution is -2.42. The second-order valence-corrected chi connectivity index (χ2v) is 7.40. The van der Waals surface area contributed by atoms with Crippen LogP contribution in [0.25, 0.3) is 0 Å². The third-order valence-electron chi connectivity index (χ3n) is 6.64. The molecule has 2 fully saturated rings. The van der Waals surface area contributed by atoms with E-state index in [1.54, 1.807) is 7.11 Å². The van der Waals surface area contributed by atoms with Gasteiger partial charge < -0.3 is 4.74 Å². The number of hydrogen-bond acceptors (Lipinski definition) is 2. The van der Waals surface area contributed by atoms with Crippen molar-refractivity contribution >= 4 is 5.78 Å². The molecular formula is C19H24O2. The lowest BCUT2D eigenvalue weighted by molar-refractivity contribution is -0.129. The maximum Gasteiger partial charge on any atom is 0.139 e. The zero-order chi connectivity index (χ0) is 14.6. The molecule has 0 amide bonds. The molecule has 0 unspecified atom stereocenters. The highest BCUT2D eigenvalue weighted by Crippen LogP contribution is 2.59. The highest BCUT2D eigenvalue weighted by Gasteiger charge is 2.54. The van der Waals surface area contributed by atoms with Crippen molar-refractivity contribution in [2.45, 2.75) is 51.4 Å². The van der Waals surface area contributed by atoms with Gasteiger partial charge in [-0.05, 0) is 73.1 Å². The molecular weight excluding hydrogens is 260 g/mol. The number of fused-ring (bicyclic) bond motifs is 5. The maximum atomic E-state index is 12.3. The largest absolute Gasteiger partial charge is 0.497 e. The molecule has 21 heavy (non-hydrogen) atoms. The molecule has 4 atom stereocenters. The van der Waals surface area contributed by atoms with E-state index in [0.29, 0.717) is 17.6 Å². The normalized spacial score (nSPS) is 37.6. The number of ether oxygens (including phenoxy) is 1. The van der Waals surface area contributed by atoms with Crippen molar-refractivity contribution in [3.05, 3.63) is 29.3 Å². The molecule has 1 aromatic carbocycles. The summed E-state index contributed by atoms with van der Waals surface area (Å²) in [5, 5.41) is 0. The van der Waals surface area contributed by atoms with Crippen molar-refractivity contribution in [2.75, 3.05) is 7.11 Å². The van der Waals surface area contributed by atoms with Crippen LogP contribution in [0, 0.1) is 17.3 Å². The fourth-order valence-corrected chi connectivity index (χ4v) is 5.46. The van der Waals surface area contributed by atoms with Gasteiger partial charge in [-0.3, -0.25) is 4.79 Å². The maximum absolute atomic E-state index is 12.3. The molecule has 3 aliphatic carbocycles. The number of benzene rings is 1. The minimum absolute atomic E-state index is 0.00879. The zero-order valence-electron chi connectivity index (χ0n) is 13.0. The third-order valence-corrected chi connectivity index (χ3v) is 6.64. The average molecular weight is 284 g/mol. The fourth-order valence-electron chi connectivity index (χ4n) is 5.46. The molecule has 2 saturated carbocycles. The Morgan fingerprint density at radius 3 is 2.86 bits per heavy atom. The number of ketones is 1. The number of rotatable bonds is 1. The number of carbonyl (C=O) groups excluding carboxylic acids is 1. The van der Waals surface area contributed by atoms with Gasteiger partial charge >= 0.3 is 0 Å². The Kier molecular flexibility index (Phi) is 2.92. The summed E-state index contributed by atoms with van der Waals surface area (Å²) in [7, 11) is 1.74. The Hall–Kier alpha value is -1.31. The Morgan fingerprint density at radius 2 is 2.05 bits per heavy atom. The van der Waals surface area contributed by atoms with Gasteiger partial charge in [0.15, 0.2) is 0 Å². The number of Topliss-reactive ketones (excluding diaryl/α,β-unsaturated/α-hetero) is 1. The van der Waals surface area contributed by atoms with E-state index in [4.69, 9.17) is 4.74 Å². The summed E-state index contributed by atoms with van der Waals surface area (Å²) in [5.74, 6) is 3.52. The van der Waals surface area contributed by atoms with Gasteiger partial charge in [0, 0.05) is 11.8 Å². The van der Waals surface area contributed by atoms with E-state index >= 15 is 0 Å². The van der Waals surface area contributed by atoms with Crippen molar-refractivity contribution in [1.29, 1.82) is 0 Å². The van der Waals surface area contributed by atoms with Crippen LogP contribution in [0.3, 0.4) is 0 Å². The van der Waals surface area contributed by atoms with Crippen molar-refractivity contribution in [1.82, 2.24) is 0 Å². The van der Waals surface area contributed by atoms with Crippen LogP contribution in [0.5, 0.6) is 5.75 Å². The molecule has 4 rings (SSSR count). The van der Waals surface area contributed by atoms with E-state index in [9.17, 15) is 4.79 Å². The minimum atomic E-state index is -0.00879. The molecule has 0 bridgehead atoms. The molecule has 3 aliphatic rings. The average Bonchev–Trinajstić information content (AvgIpc) is 2.82. The molecule has 2 heteroatoms. The standard InChI is InChI=1S/C19H24O2/c1-19-10-9-15-14-6-4-13(21-2)11-12(14)3-5-16(15)17(19)7-8-18(19)20/h4,6,11,15-17H,3,5,7-10H2,1-2H3/t15-,16+,17+,19-/m1/s1. The monoisotopic (exact) mass is 284 g/mol. The van der Waals surface area contributed by atoms with Crippen LogP contribution in [0.1, 0.15) is 56.1 Å². The van der Waals surface area contributed by atoms with Gasteiger partial charge in [0.2, 0.25) is 0 Å². The Bertz CT molecular complexity index is 591. The number of methoxy groups -OCH3 is 1. The number of aryl methyl sites for hydroxylation is 1. The van der Waals surface area contributed by atoms with Gasteiger partial charge in [-0.15, -0.1) is 0 Å². The van der Waals surface area contributed by atoms with Crippen LogP contribution in [-0.2, 0) is 11.2 Å². The first-order valence-corrected chi connectivity index (χ1v) is 8.33. The van der Waals surface area contributed by atoms with E-state index in [-0.39, 0.29) is 5.41 Å². The van der Waals surface area contributed by atoms with Gasteiger partial charge in [0.25, 0.3) is 0 Å². The minimum Gasteiger partial charge on any atom is -0.497 e. The molecule has 0 aliphatic heterocycles. The Labute approximate surface area is 126 Å². The molecule has 0 heterocycles. The summed E-state index contributed by atoms with van der Waals surface area (Å²) in [6.07, 6.45) is 6.61. The topological polar surface area (TPSA) is 26.3 Å². The van der Waals surface area contributed by atoms with Crippen molar-refractivity contribution in [2.24, 2.45) is 17.3 Å². The van der Waals surface area contributed by atoms with E-state index in [1.165, 1.54) is 24.0 Å². The highest BCUT2D eigenvalue weighted by molar-refractivity contribution is 5.87. The molecule has 1 aromatic rings. The third kappa shape index (κ3) is 1.81. The predicted octanol–water partition coefficient (Wildman–Crippen LogP) is 4.12. The van der Waals surface area contributed by atoms with E-state index in [2.05, 4.69) is 25.1 Å². The van der Waals surface area contributed by atoms with Crippen molar-refractivity contribution in [3.8, 4) is 5.75 Å². The van der Waals surface area contributed by atoms with Crippen LogP contribution < -0.4 is 4.74 Å². The molecule has 0 N–H and O–H groups in total. The van der Waals surface area contributed by atoms with E-state index < -0.39 is 0 Å². The second-order valence-electron chi connectivity index (χ2n) is 7.40. The molecule has 2 nitrogen and oxygen atoms in total. The summed E-state index contributed by atoms with van der Waals surface area (Å²) < 4.78 is 5.37. The van der Waals surface area contributed by atoms with Gasteiger partial charge in [-0.1, -0.05) is 13.0 Å². The van der Waals surface area contributed by atoms with Gasteiger partial charge in [0.05, 0.1) is 7.11 Å². The van der Waals surface area contributed by atoms with E-state index in [1.807, 2.05) is 0 Å². The summed E-state index contributed by atoms with van der Waals surface area (Å²) in [5.41, 5.74) is 3.00. The summed E-state index contributed by atoms with van der Waals surface area (Å²) in [6, 6.07) is 6.61. The Balaban J connectivity index is 1.70. The van der Waals surface area contributed by atoms with E-state index in [0.717, 1.165) is 37.4 Å². The first-order chi connectivity index (χ1) is 10.1. The smallest absolute Gasteiger partial charge is 0.139 e. The first-order valence-electron chi connectivity index (χ1n) is 8.33. The molecule has 0 aromatic heterocycles. The SMILES string of the molecule is COc1ccc2c(c1)CC[C@H]1[C@@H]2CC[C@@]2(C)C(=O)CC[C@@H]12. The Morgan fingerprint density at radius 1 is 1.19 bits per heavy atom. The number of hydrogen-bond donors (Lipinski definition) is 0. The quantitative estimate of drug-likeness (QED) is 0.775. The summed E-state index contributed by atoms with van der Waals surface area (Å²) >= 11 is 0. The highest BCUT2D eigenvalue weighted by atomic mass is 16.5. The molecule has 112 valence electrons. The van der Waals surface area contributed by atoms with Gasteiger partial charge in [-0.25, -0.2) is 0 Å². The fraction of sp³-hybridized carbons (Fsp3) is 0.632. The van der Waals surface area contributed by atoms with Crippen LogP contribution in [-0.4, -0.2) is 12.9 Å². The predicted molar refractivity (Wildman–Crippen MR) is 82.6 cm³/mol. The molecule has 0 spiro atoms. The lowest BCUT2D eigenvalue weighted by Gasteiger charge is -2.48. The van der Waals surface area contributed by atoms with Crippen LogP contribution in [0.4, 0.5) is 0 Å². The second kappa shape index (κ2) is 4.59. The van der Waals surface area contributed by atoms with Crippen LogP contribution in [0.15, 0.2) is 18.2 Å². The van der Waals surface area contributed by atoms with Crippen molar-refractivity contribution < 1.29 is 9.53 Å². The molecule has 0 saturated heterocycles. The van der Waals surface area contributed by atoms with Gasteiger partial charge in [-0.2, -0.15) is 0 Å². The lowest BCUT2D eigenvalue weighted by atomic mass is 9.55. The first kappa shape index (κ1) is 13.4. The van der Waals surface area contributed by atoms with Gasteiger partial charge in [0.1, 0.15) is 11.5 Å². The summed E-state index contributed by atoms with van der Waals surface area (Å²) in [4.78, 5) is 12.3. The molecule has 0 radical (unpaired) electrons. The van der Waals surface area contributed by atoms with Crippen molar-refractivity contribution in [3.63, 3.8) is 0 Å². The summed E-state index contributed by atoms with van der Waals surface area (Å²) in [6.45, 7) is 2.24.